The summed E-state index contributed by atoms with van der Waals surface area (Å²) in [5.74, 6) is 0.0850. The minimum absolute atomic E-state index is 0.0850. The zero-order chi connectivity index (χ0) is 13.1. The molecule has 0 bridgehead atoms. The van der Waals surface area contributed by atoms with Gasteiger partial charge in [-0.05, 0) is 32.9 Å². The van der Waals surface area contributed by atoms with E-state index in [0.717, 1.165) is 0 Å². The van der Waals surface area contributed by atoms with Gasteiger partial charge < -0.3 is 10.5 Å². The van der Waals surface area contributed by atoms with Crippen molar-refractivity contribution >= 4 is 23.5 Å². The Bertz CT molecular complexity index is 450. The quantitative estimate of drug-likeness (QED) is 0.619. The number of carbonyl (C=O) groups is 1. The van der Waals surface area contributed by atoms with E-state index in [1.807, 2.05) is 0 Å². The molecule has 0 spiro atoms. The lowest BCUT2D eigenvalue weighted by Crippen LogP contribution is -2.24. The van der Waals surface area contributed by atoms with Gasteiger partial charge in [0.05, 0.1) is 0 Å². The Morgan fingerprint density at radius 2 is 2.06 bits per heavy atom. The normalized spacial score (nSPS) is 12.4. The Morgan fingerprint density at radius 3 is 2.59 bits per heavy atom. The molecule has 1 amide bonds. The van der Waals surface area contributed by atoms with Crippen molar-refractivity contribution in [1.29, 1.82) is 0 Å². The van der Waals surface area contributed by atoms with Gasteiger partial charge in [0.15, 0.2) is 0 Å². The van der Waals surface area contributed by atoms with Crippen molar-refractivity contribution < 1.29 is 9.53 Å². The molecule has 0 radical (unpaired) electrons. The fourth-order valence-corrected chi connectivity index (χ4v) is 1.29. The maximum Gasteiger partial charge on any atom is 0.436 e. The molecule has 0 atom stereocenters. The summed E-state index contributed by atoms with van der Waals surface area (Å²) < 4.78 is 5.02. The first-order chi connectivity index (χ1) is 7.78. The third kappa shape index (κ3) is 4.87. The molecule has 1 aromatic carbocycles. The SMILES string of the molecule is CC(C)(C)OC(=O)/N=C(\N)c1cccc(Cl)c1. The molecule has 1 rings (SSSR count). The predicted octanol–water partition coefficient (Wildman–Crippen LogP) is 2.98. The molecular weight excluding hydrogens is 240 g/mol. The summed E-state index contributed by atoms with van der Waals surface area (Å²) in [5, 5.41) is 0.532. The molecule has 0 aliphatic carbocycles. The highest BCUT2D eigenvalue weighted by Gasteiger charge is 2.16. The molecule has 92 valence electrons. The Labute approximate surface area is 105 Å². The summed E-state index contributed by atoms with van der Waals surface area (Å²) in [6, 6.07) is 6.79. The van der Waals surface area contributed by atoms with Gasteiger partial charge in [-0.2, -0.15) is 4.99 Å². The first-order valence-corrected chi connectivity index (χ1v) is 5.49. The van der Waals surface area contributed by atoms with Crippen LogP contribution < -0.4 is 5.73 Å². The zero-order valence-corrected chi connectivity index (χ0v) is 10.8. The number of amides is 1. The molecule has 4 nitrogen and oxygen atoms in total. The third-order valence-electron chi connectivity index (χ3n) is 1.73. The van der Waals surface area contributed by atoms with Gasteiger partial charge in [0.25, 0.3) is 0 Å². The molecule has 0 saturated heterocycles. The maximum atomic E-state index is 11.4. The number of nitrogens with zero attached hydrogens (tertiary/aromatic N) is 1. The first kappa shape index (κ1) is 13.5. The topological polar surface area (TPSA) is 64.7 Å². The molecular formula is C12H15ClN2O2. The van der Waals surface area contributed by atoms with Crippen molar-refractivity contribution in [3.8, 4) is 0 Å². The third-order valence-corrected chi connectivity index (χ3v) is 1.96. The Hall–Kier alpha value is -1.55. The lowest BCUT2D eigenvalue weighted by atomic mass is 10.2. The van der Waals surface area contributed by atoms with Crippen molar-refractivity contribution in [3.63, 3.8) is 0 Å². The van der Waals surface area contributed by atoms with Gasteiger partial charge in [-0.15, -0.1) is 0 Å². The Balaban J connectivity index is 2.83. The number of aliphatic imine (C=N–C) groups is 1. The van der Waals surface area contributed by atoms with Gasteiger partial charge in [0.1, 0.15) is 11.4 Å². The van der Waals surface area contributed by atoms with Gasteiger partial charge in [0, 0.05) is 10.6 Å². The standard InChI is InChI=1S/C12H15ClN2O2/c1-12(2,3)17-11(16)15-10(14)8-5-4-6-9(13)7-8/h4-7H,1-3H3,(H2,14,15,16). The van der Waals surface area contributed by atoms with Gasteiger partial charge >= 0.3 is 6.09 Å². The summed E-state index contributed by atoms with van der Waals surface area (Å²) in [7, 11) is 0. The average Bonchev–Trinajstić information content (AvgIpc) is 2.14. The van der Waals surface area contributed by atoms with E-state index in [9.17, 15) is 4.79 Å². The Kier molecular flexibility index (Phi) is 4.12. The second-order valence-electron chi connectivity index (χ2n) is 4.49. The number of amidine groups is 1. The van der Waals surface area contributed by atoms with E-state index >= 15 is 0 Å². The highest BCUT2D eigenvalue weighted by molar-refractivity contribution is 6.31. The number of carbonyl (C=O) groups excluding carboxylic acids is 1. The molecule has 0 aromatic heterocycles. The largest absolute Gasteiger partial charge is 0.442 e. The average molecular weight is 255 g/mol. The lowest BCUT2D eigenvalue weighted by molar-refractivity contribution is 0.0604. The number of rotatable bonds is 1. The first-order valence-electron chi connectivity index (χ1n) is 5.11. The summed E-state index contributed by atoms with van der Waals surface area (Å²) >= 11 is 5.81. The van der Waals surface area contributed by atoms with Gasteiger partial charge in [0.2, 0.25) is 0 Å². The molecule has 17 heavy (non-hydrogen) atoms. The smallest absolute Gasteiger partial charge is 0.436 e. The highest BCUT2D eigenvalue weighted by atomic mass is 35.5. The van der Waals surface area contributed by atoms with E-state index in [1.165, 1.54) is 0 Å². The van der Waals surface area contributed by atoms with Gasteiger partial charge in [-0.1, -0.05) is 23.7 Å². The van der Waals surface area contributed by atoms with Crippen LogP contribution in [-0.2, 0) is 4.74 Å². The van der Waals surface area contributed by atoms with Crippen LogP contribution in [0.25, 0.3) is 0 Å². The minimum Gasteiger partial charge on any atom is -0.442 e. The number of hydrogen-bond donors (Lipinski definition) is 1. The van der Waals surface area contributed by atoms with Gasteiger partial charge in [-0.25, -0.2) is 4.79 Å². The minimum atomic E-state index is -0.713. The molecule has 1 aromatic rings. The van der Waals surface area contributed by atoms with Crippen molar-refractivity contribution in [2.75, 3.05) is 0 Å². The molecule has 2 N–H and O–H groups in total. The lowest BCUT2D eigenvalue weighted by Gasteiger charge is -2.17. The summed E-state index contributed by atoms with van der Waals surface area (Å²) in [4.78, 5) is 15.1. The van der Waals surface area contributed by atoms with Crippen LogP contribution in [0.15, 0.2) is 29.3 Å². The van der Waals surface area contributed by atoms with Crippen molar-refractivity contribution in [2.45, 2.75) is 26.4 Å². The van der Waals surface area contributed by atoms with Gasteiger partial charge in [-0.3, -0.25) is 0 Å². The van der Waals surface area contributed by atoms with E-state index in [2.05, 4.69) is 4.99 Å². The number of benzene rings is 1. The van der Waals surface area contributed by atoms with E-state index < -0.39 is 11.7 Å². The van der Waals surface area contributed by atoms with Crippen LogP contribution in [0.3, 0.4) is 0 Å². The molecule has 0 heterocycles. The van der Waals surface area contributed by atoms with Crippen molar-refractivity contribution in [2.24, 2.45) is 10.7 Å². The molecule has 0 aliphatic rings. The zero-order valence-electron chi connectivity index (χ0n) is 10.0. The van der Waals surface area contributed by atoms with Crippen LogP contribution in [0, 0.1) is 0 Å². The fourth-order valence-electron chi connectivity index (χ4n) is 1.10. The van der Waals surface area contributed by atoms with Crippen LogP contribution in [0.4, 0.5) is 4.79 Å². The Morgan fingerprint density at radius 1 is 1.41 bits per heavy atom. The molecule has 0 fully saturated rings. The monoisotopic (exact) mass is 254 g/mol. The maximum absolute atomic E-state index is 11.4. The van der Waals surface area contributed by atoms with Crippen LogP contribution in [-0.4, -0.2) is 17.5 Å². The van der Waals surface area contributed by atoms with E-state index in [4.69, 9.17) is 22.1 Å². The van der Waals surface area contributed by atoms with Crippen molar-refractivity contribution in [1.82, 2.24) is 0 Å². The predicted molar refractivity (Wildman–Crippen MR) is 68.4 cm³/mol. The fraction of sp³-hybridized carbons (Fsp3) is 0.333. The number of ether oxygens (including phenoxy) is 1. The van der Waals surface area contributed by atoms with E-state index in [1.54, 1.807) is 45.0 Å². The van der Waals surface area contributed by atoms with Crippen LogP contribution in [0.2, 0.25) is 5.02 Å². The number of halogens is 1. The summed E-state index contributed by atoms with van der Waals surface area (Å²) in [6.45, 7) is 5.28. The number of nitrogens with two attached hydrogens (primary N) is 1. The van der Waals surface area contributed by atoms with Crippen LogP contribution >= 0.6 is 11.6 Å². The van der Waals surface area contributed by atoms with Crippen molar-refractivity contribution in [3.05, 3.63) is 34.9 Å². The van der Waals surface area contributed by atoms with E-state index in [-0.39, 0.29) is 5.84 Å². The molecule has 0 unspecified atom stereocenters. The second kappa shape index (κ2) is 5.19. The van der Waals surface area contributed by atoms with E-state index in [0.29, 0.717) is 10.6 Å². The molecule has 5 heteroatoms. The van der Waals surface area contributed by atoms with Crippen LogP contribution in [0.1, 0.15) is 26.3 Å². The molecule has 0 saturated carbocycles. The highest BCUT2D eigenvalue weighted by Crippen LogP contribution is 2.11. The summed E-state index contributed by atoms with van der Waals surface area (Å²) in [5.41, 5.74) is 5.67. The number of hydrogen-bond acceptors (Lipinski definition) is 2. The molecule has 0 aliphatic heterocycles. The van der Waals surface area contributed by atoms with Crippen LogP contribution in [0.5, 0.6) is 0 Å². The second-order valence-corrected chi connectivity index (χ2v) is 4.92. The summed E-state index contributed by atoms with van der Waals surface area (Å²) in [6.07, 6.45) is -0.713.